The van der Waals surface area contributed by atoms with E-state index in [0.717, 1.165) is 12.1 Å². The topological polar surface area (TPSA) is 50.4 Å². The van der Waals surface area contributed by atoms with E-state index in [0.29, 0.717) is 24.8 Å². The van der Waals surface area contributed by atoms with Gasteiger partial charge in [0.25, 0.3) is 0 Å². The second kappa shape index (κ2) is 7.69. The van der Waals surface area contributed by atoms with Crippen molar-refractivity contribution in [3.8, 4) is 0 Å². The Morgan fingerprint density at radius 2 is 2.06 bits per heavy atom. The molecule has 1 atom stereocenters. The zero-order valence-electron chi connectivity index (χ0n) is 11.1. The van der Waals surface area contributed by atoms with Crippen LogP contribution in [0.1, 0.15) is 38.2 Å². The van der Waals surface area contributed by atoms with Gasteiger partial charge in [0, 0.05) is 12.2 Å². The average Bonchev–Trinajstić information content (AvgIpc) is 2.39. The van der Waals surface area contributed by atoms with Crippen molar-refractivity contribution in [2.45, 2.75) is 32.6 Å². The van der Waals surface area contributed by atoms with E-state index in [1.807, 2.05) is 12.1 Å². The molecule has 0 amide bonds. The lowest BCUT2D eigenvalue weighted by atomic mass is 9.99. The maximum atomic E-state index is 11.9. The zero-order chi connectivity index (χ0) is 13.4. The highest BCUT2D eigenvalue weighted by atomic mass is 19.1. The van der Waals surface area contributed by atoms with Crippen LogP contribution in [0.15, 0.2) is 29.3 Å². The van der Waals surface area contributed by atoms with Gasteiger partial charge in [0.05, 0.1) is 6.67 Å². The van der Waals surface area contributed by atoms with Gasteiger partial charge >= 0.3 is 0 Å². The number of hydrogen-bond donors (Lipinski definition) is 2. The Bertz CT molecular complexity index is 373. The number of nitrogens with zero attached hydrogens (tertiary/aromatic N) is 1. The molecule has 0 bridgehead atoms. The third kappa shape index (κ3) is 4.73. The molecule has 0 radical (unpaired) electrons. The molecule has 1 aromatic carbocycles. The molecular weight excluding hydrogens is 229 g/mol. The molecule has 0 heterocycles. The Labute approximate surface area is 108 Å². The SMILES string of the molecule is CCC(C)c1ccc(NC(N)=NCCCF)cc1. The molecule has 3 N–H and O–H groups in total. The number of hydrogen-bond acceptors (Lipinski definition) is 1. The van der Waals surface area contributed by atoms with Gasteiger partial charge < -0.3 is 11.1 Å². The molecule has 0 saturated heterocycles. The lowest BCUT2D eigenvalue weighted by molar-refractivity contribution is 0.477. The molecule has 100 valence electrons. The summed E-state index contributed by atoms with van der Waals surface area (Å²) in [5.41, 5.74) is 7.91. The van der Waals surface area contributed by atoms with E-state index in [-0.39, 0.29) is 6.67 Å². The van der Waals surface area contributed by atoms with Crippen molar-refractivity contribution in [1.29, 1.82) is 0 Å². The summed E-state index contributed by atoms with van der Waals surface area (Å²) in [5.74, 6) is 0.898. The highest BCUT2D eigenvalue weighted by Gasteiger charge is 2.02. The second-order valence-corrected chi connectivity index (χ2v) is 4.37. The Morgan fingerprint density at radius 1 is 1.39 bits per heavy atom. The fraction of sp³-hybridized carbons (Fsp3) is 0.500. The van der Waals surface area contributed by atoms with Crippen LogP contribution in [0.2, 0.25) is 0 Å². The standard InChI is InChI=1S/C14H22FN3/c1-3-11(2)12-5-7-13(8-6-12)18-14(16)17-10-4-9-15/h5-8,11H,3-4,9-10H2,1-2H3,(H3,16,17,18). The van der Waals surface area contributed by atoms with Gasteiger partial charge in [-0.25, -0.2) is 0 Å². The van der Waals surface area contributed by atoms with Gasteiger partial charge in [-0.1, -0.05) is 26.0 Å². The van der Waals surface area contributed by atoms with Gasteiger partial charge in [0.1, 0.15) is 0 Å². The first kappa shape index (κ1) is 14.5. The lowest BCUT2D eigenvalue weighted by Crippen LogP contribution is -2.22. The van der Waals surface area contributed by atoms with E-state index in [2.05, 4.69) is 36.3 Å². The molecule has 1 aromatic rings. The fourth-order valence-electron chi connectivity index (χ4n) is 1.58. The predicted molar refractivity (Wildman–Crippen MR) is 75.9 cm³/mol. The van der Waals surface area contributed by atoms with Crippen molar-refractivity contribution >= 4 is 11.6 Å². The summed E-state index contributed by atoms with van der Waals surface area (Å²) in [4.78, 5) is 4.03. The normalized spacial score (nSPS) is 13.4. The maximum absolute atomic E-state index is 11.9. The number of aliphatic imine (C=N–C) groups is 1. The number of benzene rings is 1. The summed E-state index contributed by atoms with van der Waals surface area (Å²) >= 11 is 0. The molecule has 0 aliphatic rings. The van der Waals surface area contributed by atoms with Crippen molar-refractivity contribution in [3.63, 3.8) is 0 Å². The first-order chi connectivity index (χ1) is 8.67. The highest BCUT2D eigenvalue weighted by Crippen LogP contribution is 2.20. The van der Waals surface area contributed by atoms with Gasteiger partial charge in [-0.3, -0.25) is 9.38 Å². The summed E-state index contributed by atoms with van der Waals surface area (Å²) in [6.07, 6.45) is 1.54. The van der Waals surface area contributed by atoms with Crippen molar-refractivity contribution in [2.24, 2.45) is 10.7 Å². The van der Waals surface area contributed by atoms with Crippen molar-refractivity contribution in [2.75, 3.05) is 18.5 Å². The summed E-state index contributed by atoms with van der Waals surface area (Å²) in [6, 6.07) is 8.15. The minimum absolute atomic E-state index is 0.333. The number of nitrogens with one attached hydrogen (secondary N) is 1. The van der Waals surface area contributed by atoms with Crippen LogP contribution in [0.25, 0.3) is 0 Å². The summed E-state index contributed by atoms with van der Waals surface area (Å²) < 4.78 is 11.9. The molecule has 3 nitrogen and oxygen atoms in total. The molecule has 0 spiro atoms. The van der Waals surface area contributed by atoms with Crippen LogP contribution < -0.4 is 11.1 Å². The van der Waals surface area contributed by atoms with Crippen molar-refractivity contribution in [3.05, 3.63) is 29.8 Å². The number of guanidine groups is 1. The van der Waals surface area contributed by atoms with E-state index in [1.54, 1.807) is 0 Å². The fourth-order valence-corrected chi connectivity index (χ4v) is 1.58. The van der Waals surface area contributed by atoms with Gasteiger partial charge in [-0.2, -0.15) is 0 Å². The van der Waals surface area contributed by atoms with Crippen LogP contribution in [-0.2, 0) is 0 Å². The number of halogens is 1. The highest BCUT2D eigenvalue weighted by molar-refractivity contribution is 5.92. The van der Waals surface area contributed by atoms with Gasteiger partial charge in [0.2, 0.25) is 0 Å². The summed E-state index contributed by atoms with van der Waals surface area (Å²) in [5, 5.41) is 2.99. The van der Waals surface area contributed by atoms with Gasteiger partial charge in [-0.05, 0) is 36.5 Å². The van der Waals surface area contributed by atoms with E-state index < -0.39 is 0 Å². The van der Waals surface area contributed by atoms with Gasteiger partial charge in [-0.15, -0.1) is 0 Å². The Morgan fingerprint density at radius 3 is 2.61 bits per heavy atom. The molecule has 4 heteroatoms. The van der Waals surface area contributed by atoms with Crippen LogP contribution >= 0.6 is 0 Å². The molecular formula is C14H22FN3. The van der Waals surface area contributed by atoms with E-state index in [1.165, 1.54) is 5.56 Å². The van der Waals surface area contributed by atoms with E-state index in [9.17, 15) is 4.39 Å². The minimum Gasteiger partial charge on any atom is -0.370 e. The van der Waals surface area contributed by atoms with Crippen molar-refractivity contribution in [1.82, 2.24) is 0 Å². The quantitative estimate of drug-likeness (QED) is 0.463. The average molecular weight is 251 g/mol. The summed E-state index contributed by atoms with van der Waals surface area (Å²) in [7, 11) is 0. The number of alkyl halides is 1. The molecule has 18 heavy (non-hydrogen) atoms. The Kier molecular flexibility index (Phi) is 6.19. The zero-order valence-corrected chi connectivity index (χ0v) is 11.1. The van der Waals surface area contributed by atoms with Crippen LogP contribution in [-0.4, -0.2) is 19.2 Å². The maximum Gasteiger partial charge on any atom is 0.193 e. The first-order valence-electron chi connectivity index (χ1n) is 6.40. The third-order valence-electron chi connectivity index (χ3n) is 2.94. The second-order valence-electron chi connectivity index (χ2n) is 4.37. The van der Waals surface area contributed by atoms with Gasteiger partial charge in [0.15, 0.2) is 5.96 Å². The molecule has 0 aliphatic heterocycles. The predicted octanol–water partition coefficient (Wildman–Crippen LogP) is 3.29. The first-order valence-corrected chi connectivity index (χ1v) is 6.40. The van der Waals surface area contributed by atoms with Crippen LogP contribution in [0.5, 0.6) is 0 Å². The molecule has 0 fully saturated rings. The number of nitrogens with two attached hydrogens (primary N) is 1. The molecule has 1 rings (SSSR count). The largest absolute Gasteiger partial charge is 0.370 e. The number of rotatable bonds is 6. The monoisotopic (exact) mass is 251 g/mol. The van der Waals surface area contributed by atoms with E-state index >= 15 is 0 Å². The molecule has 0 aromatic heterocycles. The van der Waals surface area contributed by atoms with E-state index in [4.69, 9.17) is 5.73 Å². The molecule has 1 unspecified atom stereocenters. The molecule has 0 aliphatic carbocycles. The number of anilines is 1. The minimum atomic E-state index is -0.361. The van der Waals surface area contributed by atoms with Crippen LogP contribution in [0, 0.1) is 0 Å². The lowest BCUT2D eigenvalue weighted by Gasteiger charge is -2.10. The third-order valence-corrected chi connectivity index (χ3v) is 2.94. The van der Waals surface area contributed by atoms with Crippen LogP contribution in [0.4, 0.5) is 10.1 Å². The smallest absolute Gasteiger partial charge is 0.193 e. The Balaban J connectivity index is 2.55. The van der Waals surface area contributed by atoms with Crippen molar-refractivity contribution < 1.29 is 4.39 Å². The van der Waals surface area contributed by atoms with Crippen LogP contribution in [0.3, 0.4) is 0 Å². The summed E-state index contributed by atoms with van der Waals surface area (Å²) in [6.45, 7) is 4.43. The molecule has 0 saturated carbocycles. The Hall–Kier alpha value is -1.58.